The van der Waals surface area contributed by atoms with Gasteiger partial charge in [0.15, 0.2) is 0 Å². The van der Waals surface area contributed by atoms with Gasteiger partial charge in [-0.25, -0.2) is 0 Å². The molecule has 0 atom stereocenters. The van der Waals surface area contributed by atoms with Gasteiger partial charge < -0.3 is 0 Å². The Bertz CT molecular complexity index is 209. The van der Waals surface area contributed by atoms with Crippen molar-refractivity contribution in [1.82, 2.24) is 0 Å². The van der Waals surface area contributed by atoms with Gasteiger partial charge in [0.1, 0.15) is 0 Å². The summed E-state index contributed by atoms with van der Waals surface area (Å²) in [5, 5.41) is 0. The number of allylic oxidation sites excluding steroid dienone is 2. The molecule has 0 unspecified atom stereocenters. The van der Waals surface area contributed by atoms with E-state index in [1.807, 2.05) is 0 Å². The van der Waals surface area contributed by atoms with E-state index in [9.17, 15) is 0 Å². The van der Waals surface area contributed by atoms with Gasteiger partial charge in [-0.3, -0.25) is 0 Å². The maximum Gasteiger partial charge on any atom is -0.0327 e. The Kier molecular flexibility index (Phi) is 11.2. The lowest BCUT2D eigenvalue weighted by molar-refractivity contribution is 0.845. The van der Waals surface area contributed by atoms with Crippen LogP contribution in [0.4, 0.5) is 0 Å². The highest BCUT2D eigenvalue weighted by molar-refractivity contribution is 7.75. The van der Waals surface area contributed by atoms with Crippen LogP contribution < -0.4 is 0 Å². The average Bonchev–Trinajstić information content (AvgIpc) is 2.37. The Morgan fingerprint density at radius 1 is 0.765 bits per heavy atom. The lowest BCUT2D eigenvalue weighted by Gasteiger charge is -2.26. The van der Waals surface area contributed by atoms with E-state index in [-0.39, 0.29) is 0 Å². The highest BCUT2D eigenvalue weighted by Gasteiger charge is 2.14. The van der Waals surface area contributed by atoms with Crippen LogP contribution in [0, 0.1) is 0 Å². The summed E-state index contributed by atoms with van der Waals surface area (Å²) in [7, 11) is 0. The van der Waals surface area contributed by atoms with E-state index < -0.39 is 6.89 Å². The molecule has 0 radical (unpaired) electrons. The number of hydrogen-bond acceptors (Lipinski definition) is 0. The summed E-state index contributed by atoms with van der Waals surface area (Å²) in [5.41, 5.74) is 0. The van der Waals surface area contributed by atoms with Crippen molar-refractivity contribution in [3.05, 3.63) is 12.2 Å². The largest absolute Gasteiger partial charge is 0.105 e. The second-order valence-electron chi connectivity index (χ2n) is 5.12. The third-order valence-corrected chi connectivity index (χ3v) is 7.89. The molecule has 0 aliphatic carbocycles. The quantitative estimate of drug-likeness (QED) is 0.434. The molecule has 0 aromatic carbocycles. The molecule has 0 aromatic heterocycles. The van der Waals surface area contributed by atoms with E-state index in [2.05, 4.69) is 45.6 Å². The minimum atomic E-state index is -0.774. The van der Waals surface area contributed by atoms with Gasteiger partial charge in [0, 0.05) is 0 Å². The summed E-state index contributed by atoms with van der Waals surface area (Å²) in [6.45, 7) is 8.34. The maximum absolute atomic E-state index is 2.62. The average molecular weight is 256 g/mol. The van der Waals surface area contributed by atoms with Crippen molar-refractivity contribution >= 4 is 12.7 Å². The van der Waals surface area contributed by atoms with Crippen molar-refractivity contribution in [1.29, 1.82) is 0 Å². The zero-order chi connectivity index (χ0) is 13.0. The predicted molar refractivity (Wildman–Crippen MR) is 87.1 cm³/mol. The van der Waals surface area contributed by atoms with Gasteiger partial charge in [0.2, 0.25) is 0 Å². The van der Waals surface area contributed by atoms with Crippen molar-refractivity contribution in [3.8, 4) is 0 Å². The highest BCUT2D eigenvalue weighted by Crippen LogP contribution is 2.49. The van der Waals surface area contributed by atoms with Crippen molar-refractivity contribution in [3.63, 3.8) is 0 Å². The molecular weight excluding hydrogens is 223 g/mol. The Hall–Kier alpha value is 0.0400. The fourth-order valence-electron chi connectivity index (χ4n) is 2.25. The first-order valence-electron chi connectivity index (χ1n) is 7.57. The third kappa shape index (κ3) is 7.87. The second kappa shape index (κ2) is 11.1. The first-order valence-corrected chi connectivity index (χ1v) is 9.99. The van der Waals surface area contributed by atoms with Gasteiger partial charge in [-0.05, 0) is 44.7 Å². The Morgan fingerprint density at radius 3 is 1.47 bits per heavy atom. The van der Waals surface area contributed by atoms with Crippen LogP contribution in [0.1, 0.15) is 66.2 Å². The van der Waals surface area contributed by atoms with Crippen LogP contribution >= 0.6 is 6.89 Å². The molecule has 0 heterocycles. The van der Waals surface area contributed by atoms with Crippen LogP contribution in [-0.4, -0.2) is 24.3 Å². The van der Waals surface area contributed by atoms with Crippen molar-refractivity contribution in [2.24, 2.45) is 0 Å². The van der Waals surface area contributed by atoms with Crippen LogP contribution in [0.2, 0.25) is 0 Å². The minimum Gasteiger partial charge on any atom is -0.105 e. The smallest absolute Gasteiger partial charge is 0.0327 e. The van der Waals surface area contributed by atoms with E-state index in [1.54, 1.807) is 0 Å². The summed E-state index contributed by atoms with van der Waals surface area (Å²) in [5.74, 6) is 2.62. The molecule has 0 amide bonds. The predicted octanol–water partition coefficient (Wildman–Crippen LogP) is 5.78. The first kappa shape index (κ1) is 17.0. The molecule has 0 saturated carbocycles. The molecule has 0 rings (SSSR count). The lowest BCUT2D eigenvalue weighted by Crippen LogP contribution is -2.03. The van der Waals surface area contributed by atoms with Gasteiger partial charge in [-0.2, -0.15) is 0 Å². The Labute approximate surface area is 110 Å². The zero-order valence-corrected chi connectivity index (χ0v) is 13.4. The van der Waals surface area contributed by atoms with Gasteiger partial charge in [0.05, 0.1) is 0 Å². The summed E-state index contributed by atoms with van der Waals surface area (Å²) in [6, 6.07) is 0. The summed E-state index contributed by atoms with van der Waals surface area (Å²) >= 11 is 0. The molecule has 1 heteroatoms. The molecule has 102 valence electrons. The van der Waals surface area contributed by atoms with Crippen LogP contribution in [0.5, 0.6) is 0 Å². The van der Waals surface area contributed by atoms with E-state index in [0.29, 0.717) is 0 Å². The van der Waals surface area contributed by atoms with E-state index in [0.717, 1.165) is 0 Å². The standard InChI is InChI=1S/C16H33P/c1-5-9-13-17(14-10-6-2,15-11-7-3)16-12-8-4/h5,9,13H,6-8,10-12,14-16H2,1-4H3. The van der Waals surface area contributed by atoms with Crippen molar-refractivity contribution < 1.29 is 0 Å². The highest BCUT2D eigenvalue weighted by atomic mass is 31.2. The molecule has 0 N–H and O–H groups in total. The van der Waals surface area contributed by atoms with Crippen molar-refractivity contribution in [2.75, 3.05) is 18.5 Å². The third-order valence-electron chi connectivity index (χ3n) is 3.47. The number of hydrogen-bond donors (Lipinski definition) is 0. The monoisotopic (exact) mass is 256 g/mol. The fraction of sp³-hybridized carbons (Fsp3) is 0.812. The van der Waals surface area contributed by atoms with E-state index in [4.69, 9.17) is 0 Å². The lowest BCUT2D eigenvalue weighted by atomic mass is 10.4. The Morgan fingerprint density at radius 2 is 1.18 bits per heavy atom. The van der Waals surface area contributed by atoms with Gasteiger partial charge in [-0.15, -0.1) is 6.89 Å². The zero-order valence-electron chi connectivity index (χ0n) is 12.5. The minimum absolute atomic E-state index is 0.774. The molecule has 0 aliphatic rings. The molecule has 0 spiro atoms. The normalized spacial score (nSPS) is 12.2. The number of rotatable bonds is 10. The molecule has 0 saturated heterocycles. The topological polar surface area (TPSA) is 0 Å². The maximum atomic E-state index is 2.62. The summed E-state index contributed by atoms with van der Waals surface area (Å²) in [4.78, 5) is 0. The van der Waals surface area contributed by atoms with Crippen molar-refractivity contribution in [2.45, 2.75) is 66.2 Å². The SMILES string of the molecule is CC=CC=P(CCCC)(CCCC)CCCC. The molecule has 0 aromatic rings. The fourth-order valence-corrected chi connectivity index (χ4v) is 6.74. The molecular formula is C16H33P. The molecule has 0 bridgehead atoms. The van der Waals surface area contributed by atoms with Gasteiger partial charge >= 0.3 is 0 Å². The van der Waals surface area contributed by atoms with Gasteiger partial charge in [0.25, 0.3) is 0 Å². The summed E-state index contributed by atoms with van der Waals surface area (Å²) in [6.07, 6.45) is 17.3. The molecule has 17 heavy (non-hydrogen) atoms. The summed E-state index contributed by atoms with van der Waals surface area (Å²) < 4.78 is 0. The Balaban J connectivity index is 4.76. The molecule has 0 aliphatic heterocycles. The molecule has 0 nitrogen and oxygen atoms in total. The number of unbranched alkanes of at least 4 members (excludes halogenated alkanes) is 3. The van der Waals surface area contributed by atoms with Gasteiger partial charge in [-0.1, -0.05) is 58.0 Å². The van der Waals surface area contributed by atoms with Crippen LogP contribution in [0.3, 0.4) is 0 Å². The van der Waals surface area contributed by atoms with E-state index >= 15 is 0 Å². The van der Waals surface area contributed by atoms with Crippen LogP contribution in [-0.2, 0) is 0 Å². The van der Waals surface area contributed by atoms with E-state index in [1.165, 1.54) is 57.0 Å². The van der Waals surface area contributed by atoms with Crippen LogP contribution in [0.25, 0.3) is 0 Å². The molecule has 0 fully saturated rings. The van der Waals surface area contributed by atoms with Crippen LogP contribution in [0.15, 0.2) is 12.2 Å². The first-order chi connectivity index (χ1) is 8.24. The second-order valence-corrected chi connectivity index (χ2v) is 9.20.